The van der Waals surface area contributed by atoms with Gasteiger partial charge < -0.3 is 5.73 Å². The fourth-order valence-electron chi connectivity index (χ4n) is 1.61. The van der Waals surface area contributed by atoms with Crippen LogP contribution in [0.1, 0.15) is 16.8 Å². The Labute approximate surface area is 89.8 Å². The van der Waals surface area contributed by atoms with Gasteiger partial charge >= 0.3 is 0 Å². The van der Waals surface area contributed by atoms with E-state index in [1.165, 1.54) is 5.56 Å². The van der Waals surface area contributed by atoms with Crippen molar-refractivity contribution >= 4 is 0 Å². The second-order valence-corrected chi connectivity index (χ2v) is 3.48. The standard InChI is InChI=1S/C13H14N2/c14-10-12-7-4-8-15-13(12)9-11-5-2-1-3-6-11/h1-8H,9-10,14H2. The molecule has 15 heavy (non-hydrogen) atoms. The predicted octanol–water partition coefficient (Wildman–Crippen LogP) is 2.13. The van der Waals surface area contributed by atoms with Gasteiger partial charge in [-0.1, -0.05) is 36.4 Å². The van der Waals surface area contributed by atoms with Crippen LogP contribution < -0.4 is 5.73 Å². The highest BCUT2D eigenvalue weighted by Crippen LogP contribution is 2.10. The van der Waals surface area contributed by atoms with Crippen molar-refractivity contribution in [2.24, 2.45) is 5.73 Å². The second kappa shape index (κ2) is 4.71. The maximum absolute atomic E-state index is 5.66. The van der Waals surface area contributed by atoms with Crippen LogP contribution in [0.2, 0.25) is 0 Å². The second-order valence-electron chi connectivity index (χ2n) is 3.48. The summed E-state index contributed by atoms with van der Waals surface area (Å²) in [4.78, 5) is 4.36. The van der Waals surface area contributed by atoms with Crippen LogP contribution in [-0.4, -0.2) is 4.98 Å². The Kier molecular flexibility index (Phi) is 3.10. The number of hydrogen-bond acceptors (Lipinski definition) is 2. The summed E-state index contributed by atoms with van der Waals surface area (Å²) in [6.45, 7) is 0.552. The molecule has 2 heteroatoms. The summed E-state index contributed by atoms with van der Waals surface area (Å²) in [6.07, 6.45) is 2.67. The van der Waals surface area contributed by atoms with E-state index in [2.05, 4.69) is 17.1 Å². The van der Waals surface area contributed by atoms with Crippen molar-refractivity contribution in [3.63, 3.8) is 0 Å². The lowest BCUT2D eigenvalue weighted by molar-refractivity contribution is 0.964. The van der Waals surface area contributed by atoms with Gasteiger partial charge in [0, 0.05) is 24.9 Å². The zero-order valence-electron chi connectivity index (χ0n) is 8.56. The number of nitrogens with zero attached hydrogens (tertiary/aromatic N) is 1. The summed E-state index contributed by atoms with van der Waals surface area (Å²) in [5.41, 5.74) is 9.14. The first-order chi connectivity index (χ1) is 7.40. The van der Waals surface area contributed by atoms with Gasteiger partial charge in [-0.05, 0) is 17.2 Å². The first kappa shape index (κ1) is 9.87. The molecule has 0 radical (unpaired) electrons. The number of aromatic nitrogens is 1. The van der Waals surface area contributed by atoms with Gasteiger partial charge in [-0.3, -0.25) is 4.98 Å². The summed E-state index contributed by atoms with van der Waals surface area (Å²) in [6, 6.07) is 14.3. The van der Waals surface area contributed by atoms with Crippen LogP contribution in [0.4, 0.5) is 0 Å². The molecule has 2 N–H and O–H groups in total. The molecule has 0 unspecified atom stereocenters. The monoisotopic (exact) mass is 198 g/mol. The predicted molar refractivity (Wildman–Crippen MR) is 61.4 cm³/mol. The third kappa shape index (κ3) is 2.42. The molecule has 2 nitrogen and oxygen atoms in total. The van der Waals surface area contributed by atoms with E-state index >= 15 is 0 Å². The lowest BCUT2D eigenvalue weighted by atomic mass is 10.1. The van der Waals surface area contributed by atoms with E-state index < -0.39 is 0 Å². The molecule has 0 saturated carbocycles. The SMILES string of the molecule is NCc1cccnc1Cc1ccccc1. The van der Waals surface area contributed by atoms with Gasteiger partial charge in [0.2, 0.25) is 0 Å². The Hall–Kier alpha value is -1.67. The van der Waals surface area contributed by atoms with E-state index in [4.69, 9.17) is 5.73 Å². The van der Waals surface area contributed by atoms with Crippen molar-refractivity contribution in [1.82, 2.24) is 4.98 Å². The van der Waals surface area contributed by atoms with Gasteiger partial charge in [-0.25, -0.2) is 0 Å². The maximum Gasteiger partial charge on any atom is 0.0492 e. The van der Waals surface area contributed by atoms with Gasteiger partial charge in [-0.2, -0.15) is 0 Å². The topological polar surface area (TPSA) is 38.9 Å². The van der Waals surface area contributed by atoms with Gasteiger partial charge in [0.25, 0.3) is 0 Å². The van der Waals surface area contributed by atoms with Gasteiger partial charge in [0.15, 0.2) is 0 Å². The van der Waals surface area contributed by atoms with E-state index in [0.29, 0.717) is 6.54 Å². The molecular weight excluding hydrogens is 184 g/mol. The Morgan fingerprint density at radius 2 is 1.80 bits per heavy atom. The molecule has 0 bridgehead atoms. The molecule has 2 rings (SSSR count). The molecule has 0 spiro atoms. The Morgan fingerprint density at radius 3 is 2.53 bits per heavy atom. The highest BCUT2D eigenvalue weighted by Gasteiger charge is 2.02. The third-order valence-corrected chi connectivity index (χ3v) is 2.42. The van der Waals surface area contributed by atoms with Crippen LogP contribution in [0.5, 0.6) is 0 Å². The largest absolute Gasteiger partial charge is 0.326 e. The van der Waals surface area contributed by atoms with E-state index in [1.54, 1.807) is 0 Å². The normalized spacial score (nSPS) is 10.2. The fraction of sp³-hybridized carbons (Fsp3) is 0.154. The van der Waals surface area contributed by atoms with Crippen molar-refractivity contribution in [3.05, 3.63) is 65.5 Å². The fourth-order valence-corrected chi connectivity index (χ4v) is 1.61. The lowest BCUT2D eigenvalue weighted by Crippen LogP contribution is -2.03. The molecule has 2 aromatic rings. The summed E-state index contributed by atoms with van der Waals surface area (Å²) in [5, 5.41) is 0. The summed E-state index contributed by atoms with van der Waals surface area (Å²) < 4.78 is 0. The van der Waals surface area contributed by atoms with Crippen molar-refractivity contribution in [2.45, 2.75) is 13.0 Å². The summed E-state index contributed by atoms with van der Waals surface area (Å²) >= 11 is 0. The van der Waals surface area contributed by atoms with Crippen LogP contribution in [0.3, 0.4) is 0 Å². The number of pyridine rings is 1. The molecule has 0 aliphatic carbocycles. The summed E-state index contributed by atoms with van der Waals surface area (Å²) in [7, 11) is 0. The lowest BCUT2D eigenvalue weighted by Gasteiger charge is -2.05. The molecule has 76 valence electrons. The third-order valence-electron chi connectivity index (χ3n) is 2.42. The van der Waals surface area contributed by atoms with E-state index in [-0.39, 0.29) is 0 Å². The number of rotatable bonds is 3. The smallest absolute Gasteiger partial charge is 0.0492 e. The summed E-state index contributed by atoms with van der Waals surface area (Å²) in [5.74, 6) is 0. The quantitative estimate of drug-likeness (QED) is 0.820. The highest BCUT2D eigenvalue weighted by molar-refractivity contribution is 5.27. The van der Waals surface area contributed by atoms with Crippen LogP contribution in [0.25, 0.3) is 0 Å². The molecule has 0 saturated heterocycles. The van der Waals surface area contributed by atoms with Crippen molar-refractivity contribution in [3.8, 4) is 0 Å². The maximum atomic E-state index is 5.66. The van der Waals surface area contributed by atoms with E-state index in [0.717, 1.165) is 17.7 Å². The molecule has 0 aliphatic heterocycles. The molecule has 1 aromatic carbocycles. The Morgan fingerprint density at radius 1 is 1.00 bits per heavy atom. The zero-order chi connectivity index (χ0) is 10.5. The molecule has 0 amide bonds. The minimum atomic E-state index is 0.552. The van der Waals surface area contributed by atoms with Gasteiger partial charge in [0.05, 0.1) is 0 Å². The van der Waals surface area contributed by atoms with Crippen LogP contribution in [0, 0.1) is 0 Å². The van der Waals surface area contributed by atoms with Gasteiger partial charge in [-0.15, -0.1) is 0 Å². The van der Waals surface area contributed by atoms with Crippen LogP contribution in [0.15, 0.2) is 48.7 Å². The first-order valence-corrected chi connectivity index (χ1v) is 5.07. The first-order valence-electron chi connectivity index (χ1n) is 5.07. The molecular formula is C13H14N2. The molecule has 0 atom stereocenters. The minimum Gasteiger partial charge on any atom is -0.326 e. The Balaban J connectivity index is 2.24. The van der Waals surface area contributed by atoms with E-state index in [9.17, 15) is 0 Å². The molecule has 1 aromatic heterocycles. The Bertz CT molecular complexity index is 424. The zero-order valence-corrected chi connectivity index (χ0v) is 8.56. The minimum absolute atomic E-state index is 0.552. The van der Waals surface area contributed by atoms with Crippen LogP contribution >= 0.6 is 0 Å². The molecule has 0 fully saturated rings. The highest BCUT2D eigenvalue weighted by atomic mass is 14.7. The van der Waals surface area contributed by atoms with Crippen LogP contribution in [-0.2, 0) is 13.0 Å². The number of hydrogen-bond donors (Lipinski definition) is 1. The van der Waals surface area contributed by atoms with Crippen molar-refractivity contribution in [2.75, 3.05) is 0 Å². The average molecular weight is 198 g/mol. The molecule has 0 aliphatic rings. The van der Waals surface area contributed by atoms with Crippen molar-refractivity contribution in [1.29, 1.82) is 0 Å². The van der Waals surface area contributed by atoms with E-state index in [1.807, 2.05) is 36.5 Å². The number of nitrogens with two attached hydrogens (primary N) is 1. The van der Waals surface area contributed by atoms with Gasteiger partial charge in [0.1, 0.15) is 0 Å². The average Bonchev–Trinajstić information content (AvgIpc) is 2.31. The molecule has 1 heterocycles. The van der Waals surface area contributed by atoms with Crippen molar-refractivity contribution < 1.29 is 0 Å². The number of benzene rings is 1.